The van der Waals surface area contributed by atoms with Crippen LogP contribution in [0, 0.1) is 11.7 Å². The Morgan fingerprint density at radius 2 is 1.81 bits per heavy atom. The Morgan fingerprint density at radius 1 is 1.02 bits per heavy atom. The van der Waals surface area contributed by atoms with Gasteiger partial charge in [0, 0.05) is 95.1 Å². The highest BCUT2D eigenvalue weighted by Crippen LogP contribution is 2.35. The molecule has 12 nitrogen and oxygen atoms in total. The summed E-state index contributed by atoms with van der Waals surface area (Å²) in [6, 6.07) is 5.92. The average Bonchev–Trinajstić information content (AvgIpc) is 3.58. The summed E-state index contributed by atoms with van der Waals surface area (Å²) < 4.78 is 32.9. The van der Waals surface area contributed by atoms with Crippen molar-refractivity contribution >= 4 is 17.8 Å². The number of piperidine rings is 1. The van der Waals surface area contributed by atoms with Crippen LogP contribution < -0.4 is 14.4 Å². The van der Waals surface area contributed by atoms with Gasteiger partial charge in [-0.1, -0.05) is 0 Å². The summed E-state index contributed by atoms with van der Waals surface area (Å²) in [6.45, 7) is 17.3. The third-order valence-electron chi connectivity index (χ3n) is 9.91. The van der Waals surface area contributed by atoms with E-state index in [1.54, 1.807) is 11.1 Å². The second-order valence-electron chi connectivity index (χ2n) is 15.2. The average molecular weight is 718 g/mol. The molecule has 0 aliphatic carbocycles. The van der Waals surface area contributed by atoms with Gasteiger partial charge in [-0.05, 0) is 78.1 Å². The fourth-order valence-corrected chi connectivity index (χ4v) is 7.33. The third-order valence-corrected chi connectivity index (χ3v) is 9.91. The number of fused-ring (bicyclic) bond motifs is 1. The topological polar surface area (TPSA) is 113 Å². The molecule has 0 N–H and O–H groups in total. The Hall–Kier alpha value is -4.52. The summed E-state index contributed by atoms with van der Waals surface area (Å²) in [4.78, 5) is 47.6. The molecule has 2 fully saturated rings. The highest BCUT2D eigenvalue weighted by Gasteiger charge is 2.33. The quantitative estimate of drug-likeness (QED) is 0.236. The predicted octanol–water partition coefficient (Wildman–Crippen LogP) is 6.34. The van der Waals surface area contributed by atoms with Gasteiger partial charge in [0.25, 0.3) is 5.91 Å². The Labute approximate surface area is 306 Å². The lowest BCUT2D eigenvalue weighted by Gasteiger charge is -2.35. The number of benzene rings is 1. The number of hydrogen-bond donors (Lipinski definition) is 0. The Bertz CT molecular complexity index is 1730. The second kappa shape index (κ2) is 16.0. The number of carbonyl (C=O) groups is 2. The molecule has 0 unspecified atom stereocenters. The molecule has 1 atom stereocenters. The van der Waals surface area contributed by atoms with Gasteiger partial charge in [-0.25, -0.2) is 19.2 Å². The highest BCUT2D eigenvalue weighted by molar-refractivity contribution is 5.97. The van der Waals surface area contributed by atoms with Crippen molar-refractivity contribution in [3.05, 3.63) is 65.6 Å². The number of carbonyl (C=O) groups excluding carboxylic acids is 2. The Morgan fingerprint density at radius 3 is 2.54 bits per heavy atom. The number of amides is 2. The molecule has 3 aliphatic heterocycles. The number of pyridine rings is 1. The first-order valence-electron chi connectivity index (χ1n) is 18.6. The lowest BCUT2D eigenvalue weighted by molar-refractivity contribution is 0.0284. The van der Waals surface area contributed by atoms with Crippen molar-refractivity contribution in [2.24, 2.45) is 5.92 Å². The molecule has 280 valence electrons. The zero-order valence-electron chi connectivity index (χ0n) is 31.3. The largest absolute Gasteiger partial charge is 0.490 e. The summed E-state index contributed by atoms with van der Waals surface area (Å²) in [5.74, 6) is 1.74. The number of nitrogens with zero attached hydrogens (tertiary/aromatic N) is 7. The van der Waals surface area contributed by atoms with Gasteiger partial charge in [-0.2, -0.15) is 0 Å². The van der Waals surface area contributed by atoms with E-state index in [0.29, 0.717) is 43.7 Å². The first kappa shape index (κ1) is 37.2. The number of likely N-dealkylation sites (tertiary alicyclic amines) is 1. The first-order chi connectivity index (χ1) is 24.9. The van der Waals surface area contributed by atoms with Crippen molar-refractivity contribution in [3.8, 4) is 17.2 Å². The van der Waals surface area contributed by atoms with Crippen LogP contribution >= 0.6 is 0 Å². The van der Waals surface area contributed by atoms with Crippen molar-refractivity contribution in [2.75, 3.05) is 50.7 Å². The summed E-state index contributed by atoms with van der Waals surface area (Å²) in [5.41, 5.74) is 1.89. The molecule has 5 heterocycles. The summed E-state index contributed by atoms with van der Waals surface area (Å²) in [7, 11) is 0. The molecular formula is C39H52FN7O5. The Balaban J connectivity index is 1.07. The van der Waals surface area contributed by atoms with Gasteiger partial charge in [-0.15, -0.1) is 0 Å². The number of halogens is 1. The monoisotopic (exact) mass is 717 g/mol. The third kappa shape index (κ3) is 8.91. The minimum atomic E-state index is -0.509. The van der Waals surface area contributed by atoms with E-state index in [9.17, 15) is 14.0 Å². The van der Waals surface area contributed by atoms with Crippen LogP contribution in [-0.4, -0.2) is 105 Å². The minimum Gasteiger partial charge on any atom is -0.490 e. The maximum absolute atomic E-state index is 14.4. The van der Waals surface area contributed by atoms with Crippen molar-refractivity contribution in [2.45, 2.75) is 91.5 Å². The van der Waals surface area contributed by atoms with E-state index in [-0.39, 0.29) is 35.5 Å². The van der Waals surface area contributed by atoms with E-state index in [2.05, 4.69) is 19.8 Å². The molecule has 52 heavy (non-hydrogen) atoms. The van der Waals surface area contributed by atoms with Crippen molar-refractivity contribution in [1.29, 1.82) is 0 Å². The summed E-state index contributed by atoms with van der Waals surface area (Å²) in [5, 5.41) is 0. The van der Waals surface area contributed by atoms with Crippen molar-refractivity contribution in [1.82, 2.24) is 29.7 Å². The lowest BCUT2D eigenvalue weighted by atomic mass is 10.0. The van der Waals surface area contributed by atoms with Crippen molar-refractivity contribution < 1.29 is 28.2 Å². The first-order valence-corrected chi connectivity index (χ1v) is 18.6. The van der Waals surface area contributed by atoms with Crippen LogP contribution in [0.1, 0.15) is 82.4 Å². The zero-order valence-corrected chi connectivity index (χ0v) is 31.3. The van der Waals surface area contributed by atoms with Gasteiger partial charge in [-0.3, -0.25) is 14.7 Å². The molecule has 2 aromatic heterocycles. The molecule has 2 saturated heterocycles. The van der Waals surface area contributed by atoms with Crippen LogP contribution in [0.3, 0.4) is 0 Å². The molecule has 13 heteroatoms. The molecule has 6 rings (SSSR count). The second-order valence-corrected chi connectivity index (χ2v) is 15.2. The number of anilines is 1. The molecule has 2 amide bonds. The molecular weight excluding hydrogens is 665 g/mol. The number of aromatic nitrogens is 3. The van der Waals surface area contributed by atoms with Gasteiger partial charge >= 0.3 is 6.09 Å². The molecule has 0 radical (unpaired) electrons. The van der Waals surface area contributed by atoms with E-state index in [4.69, 9.17) is 19.2 Å². The fraction of sp³-hybridized carbons (Fsp3) is 0.564. The van der Waals surface area contributed by atoms with Crippen LogP contribution in [-0.2, 0) is 17.7 Å². The van der Waals surface area contributed by atoms with Gasteiger partial charge in [0.1, 0.15) is 35.3 Å². The highest BCUT2D eigenvalue weighted by atomic mass is 19.1. The van der Waals surface area contributed by atoms with Crippen LogP contribution in [0.2, 0.25) is 0 Å². The number of hydrogen-bond acceptors (Lipinski definition) is 10. The molecule has 3 aliphatic rings. The van der Waals surface area contributed by atoms with Crippen LogP contribution in [0.25, 0.3) is 0 Å². The Kier molecular flexibility index (Phi) is 11.5. The fourth-order valence-electron chi connectivity index (χ4n) is 7.33. The number of rotatable bonds is 10. The van der Waals surface area contributed by atoms with E-state index in [0.717, 1.165) is 68.9 Å². The van der Waals surface area contributed by atoms with E-state index < -0.39 is 11.4 Å². The summed E-state index contributed by atoms with van der Waals surface area (Å²) in [6.07, 6.45) is 8.06. The van der Waals surface area contributed by atoms with Crippen molar-refractivity contribution in [3.63, 3.8) is 0 Å². The zero-order chi connectivity index (χ0) is 37.0. The number of ether oxygens (including phenoxy) is 3. The van der Waals surface area contributed by atoms with Gasteiger partial charge in [0.2, 0.25) is 0 Å². The maximum atomic E-state index is 14.4. The SMILES string of the molecule is CCN(C(=O)c1cc(F)ccc1Oc1cncnc1N1CCC(Oc2ccnc3c2CN(C[C@@H]2CCN(C(=O)OC(C)(C)C)C2)CC3)CC1)C(C)C. The summed E-state index contributed by atoms with van der Waals surface area (Å²) >= 11 is 0. The van der Waals surface area contributed by atoms with Crippen LogP contribution in [0.4, 0.5) is 15.0 Å². The van der Waals surface area contributed by atoms with Crippen LogP contribution in [0.5, 0.6) is 17.2 Å². The van der Waals surface area contributed by atoms with Gasteiger partial charge < -0.3 is 28.9 Å². The molecule has 0 saturated carbocycles. The smallest absolute Gasteiger partial charge is 0.410 e. The maximum Gasteiger partial charge on any atom is 0.410 e. The standard InChI is InChI=1S/C39H52FN7O5/c1-7-47(26(2)3)37(48)30-20-28(40)8-9-33(30)51-35-21-41-25-43-36(35)45-18-12-29(13-19-45)50-34-10-15-42-32-14-16-44(24-31(32)34)22-27-11-17-46(23-27)38(49)52-39(4,5)6/h8-10,15,20-21,25-27,29H,7,11-14,16-19,22-24H2,1-6H3/t27-/m0/s1. The molecule has 1 aromatic carbocycles. The molecule has 0 bridgehead atoms. The van der Waals surface area contributed by atoms with E-state index in [1.165, 1.54) is 24.5 Å². The minimum absolute atomic E-state index is 0.0129. The van der Waals surface area contributed by atoms with Gasteiger partial charge in [0.15, 0.2) is 11.6 Å². The molecule has 3 aromatic rings. The van der Waals surface area contributed by atoms with E-state index >= 15 is 0 Å². The van der Waals surface area contributed by atoms with E-state index in [1.807, 2.05) is 58.7 Å². The van der Waals surface area contributed by atoms with Gasteiger partial charge in [0.05, 0.1) is 11.8 Å². The predicted molar refractivity (Wildman–Crippen MR) is 195 cm³/mol. The normalized spacial score (nSPS) is 18.3. The van der Waals surface area contributed by atoms with Crippen LogP contribution in [0.15, 0.2) is 43.0 Å². The molecule has 0 spiro atoms. The lowest BCUT2D eigenvalue weighted by Crippen LogP contribution is -2.40.